The lowest BCUT2D eigenvalue weighted by Gasteiger charge is -2.43. The Hall–Kier alpha value is -4.84. The summed E-state index contributed by atoms with van der Waals surface area (Å²) >= 11 is 0. The number of pyridine rings is 2. The summed E-state index contributed by atoms with van der Waals surface area (Å²) in [7, 11) is 0. The summed E-state index contributed by atoms with van der Waals surface area (Å²) in [6.07, 6.45) is 8.59. The number of rotatable bonds is 2. The van der Waals surface area contributed by atoms with Gasteiger partial charge in [0.2, 0.25) is 0 Å². The van der Waals surface area contributed by atoms with Gasteiger partial charge < -0.3 is 4.42 Å². The van der Waals surface area contributed by atoms with Crippen LogP contribution in [0.5, 0.6) is 0 Å². The highest BCUT2D eigenvalue weighted by molar-refractivity contribution is 7.00. The van der Waals surface area contributed by atoms with E-state index in [9.17, 15) is 0 Å². The van der Waals surface area contributed by atoms with Crippen molar-refractivity contribution in [2.24, 2.45) is 0 Å². The lowest BCUT2D eigenvalue weighted by atomic mass is 9.35. The molecule has 53 heavy (non-hydrogen) atoms. The van der Waals surface area contributed by atoms with Gasteiger partial charge in [0.05, 0.1) is 11.3 Å². The number of benzene rings is 3. The van der Waals surface area contributed by atoms with Crippen molar-refractivity contribution in [3.8, 4) is 0 Å². The zero-order valence-electron chi connectivity index (χ0n) is 33.1. The molecule has 0 spiro atoms. The fourth-order valence-corrected chi connectivity index (χ4v) is 8.82. The van der Waals surface area contributed by atoms with Gasteiger partial charge in [-0.2, -0.15) is 0 Å². The number of hydrogen-bond donors (Lipinski definition) is 0. The summed E-state index contributed by atoms with van der Waals surface area (Å²) in [5, 5.41) is 1.15. The Morgan fingerprint density at radius 3 is 2.02 bits per heavy atom. The SMILES string of the molecule is Cc1cc2c3c(c1)N(c1nccc4c1CCCC4)c1c(oc4ccc(C(C)(C)C)cc14)B3c1cc(C(C)(C)C)ccc1N2c1ccc(C(C)(C)C)cn1. The van der Waals surface area contributed by atoms with E-state index in [2.05, 4.69) is 152 Å². The Morgan fingerprint density at radius 2 is 1.32 bits per heavy atom. The van der Waals surface area contributed by atoms with Crippen molar-refractivity contribution in [1.29, 1.82) is 0 Å². The Bertz CT molecular complexity index is 2440. The summed E-state index contributed by atoms with van der Waals surface area (Å²) in [6, 6.07) is 25.3. The molecule has 6 aromatic rings. The normalized spacial score (nSPS) is 15.3. The average molecular weight is 699 g/mol. The molecule has 3 aromatic carbocycles. The van der Waals surface area contributed by atoms with Gasteiger partial charge in [0.15, 0.2) is 0 Å². The van der Waals surface area contributed by atoms with Crippen LogP contribution >= 0.6 is 0 Å². The van der Waals surface area contributed by atoms with Gasteiger partial charge in [0.25, 0.3) is 6.71 Å². The van der Waals surface area contributed by atoms with E-state index in [-0.39, 0.29) is 23.0 Å². The molecule has 0 radical (unpaired) electrons. The highest BCUT2D eigenvalue weighted by Gasteiger charge is 2.48. The van der Waals surface area contributed by atoms with E-state index < -0.39 is 0 Å². The first-order valence-corrected chi connectivity index (χ1v) is 19.5. The maximum atomic E-state index is 7.21. The number of anilines is 6. The molecule has 9 rings (SSSR count). The Kier molecular flexibility index (Phi) is 7.42. The van der Waals surface area contributed by atoms with Gasteiger partial charge in [-0.3, -0.25) is 9.80 Å². The van der Waals surface area contributed by atoms with Gasteiger partial charge in [0.1, 0.15) is 17.2 Å². The molecule has 1 aliphatic carbocycles. The summed E-state index contributed by atoms with van der Waals surface area (Å²) in [5.74, 6) is 1.95. The van der Waals surface area contributed by atoms with E-state index in [4.69, 9.17) is 14.4 Å². The summed E-state index contributed by atoms with van der Waals surface area (Å²) in [4.78, 5) is 15.3. The number of aromatic nitrogens is 2. The van der Waals surface area contributed by atoms with Gasteiger partial charge >= 0.3 is 0 Å². The monoisotopic (exact) mass is 698 g/mol. The van der Waals surface area contributed by atoms with Gasteiger partial charge in [-0.15, -0.1) is 0 Å². The Morgan fingerprint density at radius 1 is 0.660 bits per heavy atom. The Balaban J connectivity index is 1.40. The minimum Gasteiger partial charge on any atom is -0.468 e. The molecule has 5 heterocycles. The molecule has 0 unspecified atom stereocenters. The molecule has 5 nitrogen and oxygen atoms in total. The smallest absolute Gasteiger partial charge is 0.297 e. The second kappa shape index (κ2) is 11.6. The molecule has 0 saturated heterocycles. The summed E-state index contributed by atoms with van der Waals surface area (Å²) in [5.41, 5.74) is 16.7. The zero-order chi connectivity index (χ0) is 37.2. The van der Waals surface area contributed by atoms with Crippen LogP contribution in [0.15, 0.2) is 83.5 Å². The molecule has 268 valence electrons. The maximum absolute atomic E-state index is 7.21. The highest BCUT2D eigenvalue weighted by Crippen LogP contribution is 2.48. The number of fused-ring (bicyclic) bond motifs is 7. The van der Waals surface area contributed by atoms with Crippen LogP contribution in [-0.2, 0) is 29.1 Å². The van der Waals surface area contributed by atoms with Crippen LogP contribution in [0.1, 0.15) is 109 Å². The first-order valence-electron chi connectivity index (χ1n) is 19.5. The molecule has 0 atom stereocenters. The van der Waals surface area contributed by atoms with Gasteiger partial charge in [-0.1, -0.05) is 86.6 Å². The van der Waals surface area contributed by atoms with Crippen LogP contribution in [-0.4, -0.2) is 16.7 Å². The molecule has 0 N–H and O–H groups in total. The zero-order valence-corrected chi connectivity index (χ0v) is 33.1. The molecule has 0 fully saturated rings. The number of nitrogens with zero attached hydrogens (tertiary/aromatic N) is 4. The fourth-order valence-electron chi connectivity index (χ4n) is 8.82. The standard InChI is InChI=1S/C47H51BN4O/c1-28-23-37-41-38(24-28)52(44-33-14-12-11-13-29(33)21-22-49-44)42-34-25-30(45(2,3)4)16-19-39(34)53-43(42)48(41)35-26-31(46(5,6)7)15-18-36(35)51(37)40-20-17-32(27-50-40)47(8,9)10/h15-27H,11-14H2,1-10H3. The van der Waals surface area contributed by atoms with Crippen molar-refractivity contribution < 1.29 is 4.42 Å². The van der Waals surface area contributed by atoms with Crippen LogP contribution < -0.4 is 26.4 Å². The first kappa shape index (κ1) is 34.0. The maximum Gasteiger partial charge on any atom is 0.297 e. The number of furan rings is 1. The molecule has 6 heteroatoms. The van der Waals surface area contributed by atoms with Crippen molar-refractivity contribution in [2.75, 3.05) is 9.80 Å². The van der Waals surface area contributed by atoms with E-state index in [0.29, 0.717) is 0 Å². The Labute approximate surface area is 315 Å². The van der Waals surface area contributed by atoms with Crippen molar-refractivity contribution in [3.05, 3.63) is 113 Å². The molecule has 0 bridgehead atoms. The third-order valence-corrected chi connectivity index (χ3v) is 11.8. The van der Waals surface area contributed by atoms with Crippen LogP contribution in [0.2, 0.25) is 0 Å². The van der Waals surface area contributed by atoms with Crippen molar-refractivity contribution in [1.82, 2.24) is 9.97 Å². The van der Waals surface area contributed by atoms with E-state index in [1.54, 1.807) is 0 Å². The second-order valence-electron chi connectivity index (χ2n) is 18.8. The summed E-state index contributed by atoms with van der Waals surface area (Å²) in [6.45, 7) is 22.6. The largest absolute Gasteiger partial charge is 0.468 e. The van der Waals surface area contributed by atoms with E-state index in [1.165, 1.54) is 62.8 Å². The molecular weight excluding hydrogens is 647 g/mol. The quantitative estimate of drug-likeness (QED) is 0.168. The molecule has 0 amide bonds. The van der Waals surface area contributed by atoms with E-state index in [0.717, 1.165) is 58.2 Å². The minimum atomic E-state index is -0.112. The van der Waals surface area contributed by atoms with E-state index in [1.807, 2.05) is 6.20 Å². The lowest BCUT2D eigenvalue weighted by Crippen LogP contribution is -2.61. The van der Waals surface area contributed by atoms with Crippen molar-refractivity contribution >= 4 is 68.7 Å². The van der Waals surface area contributed by atoms with Crippen LogP contribution in [0.25, 0.3) is 11.0 Å². The van der Waals surface area contributed by atoms with Crippen LogP contribution in [0.4, 0.5) is 34.4 Å². The van der Waals surface area contributed by atoms with Gasteiger partial charge in [0, 0.05) is 34.8 Å². The molecular formula is C47H51BN4O. The molecule has 2 aliphatic heterocycles. The third kappa shape index (κ3) is 5.34. The molecule has 0 saturated carbocycles. The van der Waals surface area contributed by atoms with Crippen LogP contribution in [0, 0.1) is 6.92 Å². The fraction of sp³-hybridized carbons (Fsp3) is 0.362. The lowest BCUT2D eigenvalue weighted by molar-refractivity contribution is 0.587. The topological polar surface area (TPSA) is 45.4 Å². The third-order valence-electron chi connectivity index (χ3n) is 11.8. The average Bonchev–Trinajstić information content (AvgIpc) is 3.48. The number of aryl methyl sites for hydroxylation is 2. The van der Waals surface area contributed by atoms with Gasteiger partial charge in [-0.05, 0) is 136 Å². The second-order valence-corrected chi connectivity index (χ2v) is 18.8. The van der Waals surface area contributed by atoms with Crippen LogP contribution in [0.3, 0.4) is 0 Å². The highest BCUT2D eigenvalue weighted by atomic mass is 16.3. The minimum absolute atomic E-state index is 0.00735. The van der Waals surface area contributed by atoms with Crippen molar-refractivity contribution in [2.45, 2.75) is 111 Å². The molecule has 3 aliphatic rings. The predicted molar refractivity (Wildman–Crippen MR) is 223 cm³/mol. The predicted octanol–water partition coefficient (Wildman–Crippen LogP) is 10.4. The van der Waals surface area contributed by atoms with E-state index >= 15 is 0 Å². The van der Waals surface area contributed by atoms with Crippen molar-refractivity contribution in [3.63, 3.8) is 0 Å². The number of hydrogen-bond acceptors (Lipinski definition) is 5. The molecule has 3 aromatic heterocycles. The first-order chi connectivity index (χ1) is 25.1. The summed E-state index contributed by atoms with van der Waals surface area (Å²) < 4.78 is 7.21. The van der Waals surface area contributed by atoms with Gasteiger partial charge in [-0.25, -0.2) is 9.97 Å².